The second-order valence-corrected chi connectivity index (χ2v) is 4.22. The Bertz CT molecular complexity index is 564. The van der Waals surface area contributed by atoms with Gasteiger partial charge in [0.15, 0.2) is 5.78 Å². The lowest BCUT2D eigenvalue weighted by Gasteiger charge is -2.04. The number of carbonyl (C=O) groups excluding carboxylic acids is 1. The Morgan fingerprint density at radius 3 is 2.59 bits per heavy atom. The number of nitrogens with zero attached hydrogens (tertiary/aromatic N) is 1. The molecule has 1 aromatic carbocycles. The predicted molar refractivity (Wildman–Crippen MR) is 68.3 cm³/mol. The molecule has 0 spiro atoms. The minimum absolute atomic E-state index is 0.169. The third-order valence-electron chi connectivity index (χ3n) is 2.44. The molecule has 0 bridgehead atoms. The normalized spacial score (nSPS) is 10.2. The van der Waals surface area contributed by atoms with Crippen molar-refractivity contribution in [3.63, 3.8) is 0 Å². The van der Waals surface area contributed by atoms with Crippen molar-refractivity contribution in [2.75, 3.05) is 5.73 Å². The van der Waals surface area contributed by atoms with Crippen LogP contribution in [0.2, 0.25) is 5.02 Å². The molecule has 0 aliphatic heterocycles. The summed E-state index contributed by atoms with van der Waals surface area (Å²) in [5, 5.41) is 0.398. The summed E-state index contributed by atoms with van der Waals surface area (Å²) >= 11 is 5.80. The van der Waals surface area contributed by atoms with Gasteiger partial charge in [-0.3, -0.25) is 4.79 Å². The van der Waals surface area contributed by atoms with Crippen LogP contribution < -0.4 is 5.73 Å². The highest BCUT2D eigenvalue weighted by Crippen LogP contribution is 2.19. The highest BCUT2D eigenvalue weighted by Gasteiger charge is 2.13. The standard InChI is InChI=1S/C13H11ClN2O/c1-8-2-4-9(5-3-8)12(17)11-6-10(14)7-16-13(11)15/h2-7H,1H3,(H2,15,16). The molecular weight excluding hydrogens is 236 g/mol. The maximum atomic E-state index is 12.2. The van der Waals surface area contributed by atoms with Crippen molar-refractivity contribution in [2.45, 2.75) is 6.92 Å². The maximum absolute atomic E-state index is 12.2. The second kappa shape index (κ2) is 4.55. The molecule has 2 N–H and O–H groups in total. The summed E-state index contributed by atoms with van der Waals surface area (Å²) in [4.78, 5) is 16.0. The van der Waals surface area contributed by atoms with Crippen molar-refractivity contribution < 1.29 is 4.79 Å². The van der Waals surface area contributed by atoms with Gasteiger partial charge >= 0.3 is 0 Å². The number of anilines is 1. The number of benzene rings is 1. The molecule has 0 aliphatic rings. The third kappa shape index (κ3) is 2.45. The Balaban J connectivity index is 2.43. The van der Waals surface area contributed by atoms with E-state index >= 15 is 0 Å². The zero-order valence-corrected chi connectivity index (χ0v) is 10.0. The van der Waals surface area contributed by atoms with Crippen LogP contribution in [0.15, 0.2) is 36.5 Å². The summed E-state index contributed by atoms with van der Waals surface area (Å²) in [5.74, 6) is 0.0254. The highest BCUT2D eigenvalue weighted by molar-refractivity contribution is 6.31. The van der Waals surface area contributed by atoms with Gasteiger partial charge in [-0.1, -0.05) is 41.4 Å². The van der Waals surface area contributed by atoms with E-state index < -0.39 is 0 Å². The summed E-state index contributed by atoms with van der Waals surface area (Å²) in [6.07, 6.45) is 1.42. The van der Waals surface area contributed by atoms with Crippen molar-refractivity contribution in [1.29, 1.82) is 0 Å². The van der Waals surface area contributed by atoms with E-state index in [4.69, 9.17) is 17.3 Å². The van der Waals surface area contributed by atoms with Gasteiger partial charge in [-0.15, -0.1) is 0 Å². The summed E-state index contributed by atoms with van der Waals surface area (Å²) in [6.45, 7) is 1.96. The third-order valence-corrected chi connectivity index (χ3v) is 2.65. The number of hydrogen-bond donors (Lipinski definition) is 1. The van der Waals surface area contributed by atoms with Crippen LogP contribution in [0, 0.1) is 6.92 Å². The summed E-state index contributed by atoms with van der Waals surface area (Å²) < 4.78 is 0. The van der Waals surface area contributed by atoms with E-state index in [1.807, 2.05) is 19.1 Å². The molecule has 2 aromatic rings. The lowest BCUT2D eigenvalue weighted by atomic mass is 10.0. The van der Waals surface area contributed by atoms with Crippen molar-refractivity contribution in [2.24, 2.45) is 0 Å². The molecule has 0 atom stereocenters. The summed E-state index contributed by atoms with van der Waals surface area (Å²) in [5.41, 5.74) is 7.67. The number of hydrogen-bond acceptors (Lipinski definition) is 3. The lowest BCUT2D eigenvalue weighted by molar-refractivity contribution is 0.103. The van der Waals surface area contributed by atoms with Crippen LogP contribution in [0.4, 0.5) is 5.82 Å². The molecule has 0 radical (unpaired) electrons. The molecule has 4 heteroatoms. The molecule has 0 amide bonds. The number of nitrogen functional groups attached to an aromatic ring is 1. The van der Waals surface area contributed by atoms with Gasteiger partial charge in [0, 0.05) is 11.8 Å². The number of halogens is 1. The van der Waals surface area contributed by atoms with Crippen LogP contribution >= 0.6 is 11.6 Å². The molecule has 1 aromatic heterocycles. The van der Waals surface area contributed by atoms with E-state index in [0.717, 1.165) is 5.56 Å². The number of rotatable bonds is 2. The molecular formula is C13H11ClN2O. The number of carbonyl (C=O) groups is 1. The highest BCUT2D eigenvalue weighted by atomic mass is 35.5. The zero-order valence-electron chi connectivity index (χ0n) is 9.27. The molecule has 0 saturated heterocycles. The van der Waals surface area contributed by atoms with Crippen molar-refractivity contribution >= 4 is 23.2 Å². The van der Waals surface area contributed by atoms with Crippen LogP contribution in [0.25, 0.3) is 0 Å². The molecule has 17 heavy (non-hydrogen) atoms. The number of nitrogens with two attached hydrogens (primary N) is 1. The molecule has 0 aliphatic carbocycles. The zero-order chi connectivity index (χ0) is 12.4. The average Bonchev–Trinajstić information content (AvgIpc) is 2.32. The van der Waals surface area contributed by atoms with Gasteiger partial charge in [-0.2, -0.15) is 0 Å². The fourth-order valence-corrected chi connectivity index (χ4v) is 1.65. The van der Waals surface area contributed by atoms with E-state index in [1.54, 1.807) is 12.1 Å². The first-order valence-corrected chi connectivity index (χ1v) is 5.48. The topological polar surface area (TPSA) is 56.0 Å². The molecule has 2 rings (SSSR count). The summed E-state index contributed by atoms with van der Waals surface area (Å²) in [6, 6.07) is 8.81. The van der Waals surface area contributed by atoms with Crippen molar-refractivity contribution in [3.8, 4) is 0 Å². The van der Waals surface area contributed by atoms with Gasteiger partial charge in [0.1, 0.15) is 5.82 Å². The maximum Gasteiger partial charge on any atom is 0.196 e. The molecule has 3 nitrogen and oxygen atoms in total. The van der Waals surface area contributed by atoms with Crippen molar-refractivity contribution in [1.82, 2.24) is 4.98 Å². The number of aromatic nitrogens is 1. The van der Waals surface area contributed by atoms with Crippen LogP contribution in [0.3, 0.4) is 0 Å². The Labute approximate surface area is 104 Å². The van der Waals surface area contributed by atoms with E-state index in [-0.39, 0.29) is 11.6 Å². The molecule has 86 valence electrons. The van der Waals surface area contributed by atoms with E-state index in [0.29, 0.717) is 16.1 Å². The molecule has 0 fully saturated rings. The lowest BCUT2D eigenvalue weighted by Crippen LogP contribution is -2.06. The van der Waals surface area contributed by atoms with Gasteiger partial charge in [0.05, 0.1) is 10.6 Å². The minimum Gasteiger partial charge on any atom is -0.383 e. The smallest absolute Gasteiger partial charge is 0.196 e. The SMILES string of the molecule is Cc1ccc(C(=O)c2cc(Cl)cnc2N)cc1. The van der Waals surface area contributed by atoms with E-state index in [1.165, 1.54) is 12.3 Å². The first kappa shape index (κ1) is 11.6. The van der Waals surface area contributed by atoms with Crippen molar-refractivity contribution in [3.05, 3.63) is 58.2 Å². The Morgan fingerprint density at radius 1 is 1.29 bits per heavy atom. The van der Waals surface area contributed by atoms with Crippen LogP contribution in [-0.4, -0.2) is 10.8 Å². The number of ketones is 1. The first-order valence-electron chi connectivity index (χ1n) is 5.10. The Morgan fingerprint density at radius 2 is 1.94 bits per heavy atom. The van der Waals surface area contributed by atoms with Crippen LogP contribution in [0.1, 0.15) is 21.5 Å². The molecule has 0 unspecified atom stereocenters. The fraction of sp³-hybridized carbons (Fsp3) is 0.0769. The fourth-order valence-electron chi connectivity index (χ4n) is 1.49. The minimum atomic E-state index is -0.169. The Hall–Kier alpha value is -1.87. The van der Waals surface area contributed by atoms with Gasteiger partial charge < -0.3 is 5.73 Å². The van der Waals surface area contributed by atoms with E-state index in [9.17, 15) is 4.79 Å². The molecule has 1 heterocycles. The quantitative estimate of drug-likeness (QED) is 0.829. The average molecular weight is 247 g/mol. The predicted octanol–water partition coefficient (Wildman–Crippen LogP) is 2.86. The summed E-state index contributed by atoms with van der Waals surface area (Å²) in [7, 11) is 0. The number of pyridine rings is 1. The van der Waals surface area contributed by atoms with Gasteiger partial charge in [-0.25, -0.2) is 4.98 Å². The van der Waals surface area contributed by atoms with Gasteiger partial charge in [-0.05, 0) is 13.0 Å². The van der Waals surface area contributed by atoms with Crippen LogP contribution in [0.5, 0.6) is 0 Å². The monoisotopic (exact) mass is 246 g/mol. The molecule has 0 saturated carbocycles. The van der Waals surface area contributed by atoms with Gasteiger partial charge in [0.2, 0.25) is 0 Å². The Kier molecular flexibility index (Phi) is 3.11. The van der Waals surface area contributed by atoms with Gasteiger partial charge in [0.25, 0.3) is 0 Å². The second-order valence-electron chi connectivity index (χ2n) is 3.78. The number of aryl methyl sites for hydroxylation is 1. The van der Waals surface area contributed by atoms with Crippen LogP contribution in [-0.2, 0) is 0 Å². The van der Waals surface area contributed by atoms with E-state index in [2.05, 4.69) is 4.98 Å². The largest absolute Gasteiger partial charge is 0.383 e. The first-order chi connectivity index (χ1) is 8.08.